The van der Waals surface area contributed by atoms with Crippen molar-refractivity contribution in [1.82, 2.24) is 15.1 Å². The zero-order valence-electron chi connectivity index (χ0n) is 11.6. The van der Waals surface area contributed by atoms with Crippen LogP contribution >= 0.6 is 0 Å². The van der Waals surface area contributed by atoms with E-state index < -0.39 is 0 Å². The van der Waals surface area contributed by atoms with E-state index >= 15 is 0 Å². The molecule has 0 aromatic rings. The van der Waals surface area contributed by atoms with Crippen molar-refractivity contribution in [3.05, 3.63) is 0 Å². The standard InChI is InChI=1S/C14H29N3/c1-3-17-10-6-13(12-17)11-15-14-5-4-8-16(2)9-7-14/h13-15H,3-12H2,1-2H3. The lowest BCUT2D eigenvalue weighted by molar-refractivity contribution is 0.327. The maximum Gasteiger partial charge on any atom is 0.00798 e. The smallest absolute Gasteiger partial charge is 0.00798 e. The topological polar surface area (TPSA) is 18.5 Å². The SMILES string of the molecule is CCN1CCC(CNC2CCCN(C)CC2)C1. The van der Waals surface area contributed by atoms with Crippen molar-refractivity contribution in [3.8, 4) is 0 Å². The lowest BCUT2D eigenvalue weighted by Gasteiger charge is -2.20. The molecule has 0 bridgehead atoms. The maximum atomic E-state index is 3.82. The average molecular weight is 239 g/mol. The molecule has 0 aromatic carbocycles. The van der Waals surface area contributed by atoms with Gasteiger partial charge in [0.15, 0.2) is 0 Å². The molecule has 3 heteroatoms. The van der Waals surface area contributed by atoms with Crippen molar-refractivity contribution in [1.29, 1.82) is 0 Å². The number of hydrogen-bond acceptors (Lipinski definition) is 3. The molecule has 3 nitrogen and oxygen atoms in total. The molecule has 2 aliphatic rings. The maximum absolute atomic E-state index is 3.82. The van der Waals surface area contributed by atoms with Gasteiger partial charge in [-0.3, -0.25) is 0 Å². The molecule has 100 valence electrons. The molecule has 2 aliphatic heterocycles. The van der Waals surface area contributed by atoms with Gasteiger partial charge < -0.3 is 15.1 Å². The van der Waals surface area contributed by atoms with Gasteiger partial charge in [-0.1, -0.05) is 6.92 Å². The summed E-state index contributed by atoms with van der Waals surface area (Å²) in [4.78, 5) is 5.04. The summed E-state index contributed by atoms with van der Waals surface area (Å²) in [6.07, 6.45) is 5.46. The van der Waals surface area contributed by atoms with E-state index in [1.165, 1.54) is 65.0 Å². The van der Waals surface area contributed by atoms with Crippen molar-refractivity contribution in [3.63, 3.8) is 0 Å². The van der Waals surface area contributed by atoms with Gasteiger partial charge >= 0.3 is 0 Å². The molecule has 0 radical (unpaired) electrons. The minimum Gasteiger partial charge on any atom is -0.314 e. The van der Waals surface area contributed by atoms with E-state index in [4.69, 9.17) is 0 Å². The quantitative estimate of drug-likeness (QED) is 0.800. The summed E-state index contributed by atoms with van der Waals surface area (Å²) in [6.45, 7) is 9.92. The minimum absolute atomic E-state index is 0.774. The number of likely N-dealkylation sites (tertiary alicyclic amines) is 2. The van der Waals surface area contributed by atoms with Crippen molar-refractivity contribution in [2.24, 2.45) is 5.92 Å². The van der Waals surface area contributed by atoms with Crippen LogP contribution in [0.25, 0.3) is 0 Å². The molecule has 2 fully saturated rings. The average Bonchev–Trinajstić information content (AvgIpc) is 2.70. The van der Waals surface area contributed by atoms with Gasteiger partial charge in [0.2, 0.25) is 0 Å². The Labute approximate surface area is 107 Å². The highest BCUT2D eigenvalue weighted by molar-refractivity contribution is 4.79. The van der Waals surface area contributed by atoms with E-state index in [0.717, 1.165) is 12.0 Å². The van der Waals surface area contributed by atoms with Gasteiger partial charge in [-0.2, -0.15) is 0 Å². The van der Waals surface area contributed by atoms with Gasteiger partial charge in [-0.25, -0.2) is 0 Å². The van der Waals surface area contributed by atoms with Crippen molar-refractivity contribution < 1.29 is 0 Å². The fourth-order valence-electron chi connectivity index (χ4n) is 3.14. The molecule has 2 saturated heterocycles. The first kappa shape index (κ1) is 13.3. The summed E-state index contributed by atoms with van der Waals surface area (Å²) in [5.41, 5.74) is 0. The first-order chi connectivity index (χ1) is 8.28. The monoisotopic (exact) mass is 239 g/mol. The second-order valence-corrected chi connectivity index (χ2v) is 5.89. The Balaban J connectivity index is 1.64. The van der Waals surface area contributed by atoms with Crippen molar-refractivity contribution >= 4 is 0 Å². The van der Waals surface area contributed by atoms with E-state index in [9.17, 15) is 0 Å². The number of nitrogens with zero attached hydrogens (tertiary/aromatic N) is 2. The summed E-state index contributed by atoms with van der Waals surface area (Å²) in [6, 6.07) is 0.774. The van der Waals surface area contributed by atoms with Gasteiger partial charge in [0.25, 0.3) is 0 Å². The van der Waals surface area contributed by atoms with Gasteiger partial charge in [0, 0.05) is 12.6 Å². The number of rotatable bonds is 4. The fourth-order valence-corrected chi connectivity index (χ4v) is 3.14. The first-order valence-corrected chi connectivity index (χ1v) is 7.42. The minimum atomic E-state index is 0.774. The lowest BCUT2D eigenvalue weighted by Crippen LogP contribution is -2.35. The molecule has 0 aliphatic carbocycles. The van der Waals surface area contributed by atoms with Crippen molar-refractivity contribution in [2.45, 2.75) is 38.6 Å². The van der Waals surface area contributed by atoms with Gasteiger partial charge in [0.1, 0.15) is 0 Å². The van der Waals surface area contributed by atoms with Crippen LogP contribution in [0.3, 0.4) is 0 Å². The highest BCUT2D eigenvalue weighted by Crippen LogP contribution is 2.16. The predicted octanol–water partition coefficient (Wildman–Crippen LogP) is 1.40. The zero-order valence-corrected chi connectivity index (χ0v) is 11.6. The van der Waals surface area contributed by atoms with Crippen LogP contribution in [0.2, 0.25) is 0 Å². The van der Waals surface area contributed by atoms with Crippen LogP contribution in [0.5, 0.6) is 0 Å². The van der Waals surface area contributed by atoms with E-state index in [-0.39, 0.29) is 0 Å². The summed E-state index contributed by atoms with van der Waals surface area (Å²) in [7, 11) is 2.25. The highest BCUT2D eigenvalue weighted by Gasteiger charge is 2.22. The molecular formula is C14H29N3. The highest BCUT2D eigenvalue weighted by atomic mass is 15.1. The summed E-state index contributed by atoms with van der Waals surface area (Å²) >= 11 is 0. The van der Waals surface area contributed by atoms with Crippen LogP contribution < -0.4 is 5.32 Å². The normalized spacial score (nSPS) is 32.8. The van der Waals surface area contributed by atoms with Crippen LogP contribution in [0.1, 0.15) is 32.6 Å². The van der Waals surface area contributed by atoms with Gasteiger partial charge in [0.05, 0.1) is 0 Å². The van der Waals surface area contributed by atoms with Crippen LogP contribution in [-0.2, 0) is 0 Å². The fraction of sp³-hybridized carbons (Fsp3) is 1.00. The third kappa shape index (κ3) is 4.23. The third-order valence-corrected chi connectivity index (χ3v) is 4.46. The van der Waals surface area contributed by atoms with Gasteiger partial charge in [-0.05, 0) is 71.4 Å². The molecule has 0 amide bonds. The van der Waals surface area contributed by atoms with Crippen LogP contribution in [0.4, 0.5) is 0 Å². The first-order valence-electron chi connectivity index (χ1n) is 7.42. The summed E-state index contributed by atoms with van der Waals surface area (Å²) in [5.74, 6) is 0.899. The Bertz CT molecular complexity index is 220. The number of hydrogen-bond donors (Lipinski definition) is 1. The van der Waals surface area contributed by atoms with Crippen LogP contribution in [0, 0.1) is 5.92 Å². The molecular weight excluding hydrogens is 210 g/mol. The molecule has 1 N–H and O–H groups in total. The largest absolute Gasteiger partial charge is 0.314 e. The molecule has 2 rings (SSSR count). The van der Waals surface area contributed by atoms with E-state index in [1.54, 1.807) is 0 Å². The molecule has 2 heterocycles. The molecule has 0 saturated carbocycles. The Morgan fingerprint density at radius 3 is 2.76 bits per heavy atom. The Kier molecular flexibility index (Phi) is 5.26. The van der Waals surface area contributed by atoms with E-state index in [0.29, 0.717) is 0 Å². The second kappa shape index (κ2) is 6.72. The van der Waals surface area contributed by atoms with E-state index in [2.05, 4.69) is 29.1 Å². The summed E-state index contributed by atoms with van der Waals surface area (Å²) < 4.78 is 0. The predicted molar refractivity (Wildman–Crippen MR) is 73.4 cm³/mol. The molecule has 2 unspecified atom stereocenters. The Morgan fingerprint density at radius 2 is 2.00 bits per heavy atom. The molecule has 0 aromatic heterocycles. The number of nitrogens with one attached hydrogen (secondary N) is 1. The summed E-state index contributed by atoms with van der Waals surface area (Å²) in [5, 5.41) is 3.82. The third-order valence-electron chi connectivity index (χ3n) is 4.46. The molecule has 17 heavy (non-hydrogen) atoms. The van der Waals surface area contributed by atoms with E-state index in [1.807, 2.05) is 0 Å². The molecule has 2 atom stereocenters. The Morgan fingerprint density at radius 1 is 1.12 bits per heavy atom. The van der Waals surface area contributed by atoms with Crippen molar-refractivity contribution in [2.75, 3.05) is 46.3 Å². The molecule has 0 spiro atoms. The van der Waals surface area contributed by atoms with Crippen LogP contribution in [0.15, 0.2) is 0 Å². The lowest BCUT2D eigenvalue weighted by atomic mass is 10.1. The van der Waals surface area contributed by atoms with Crippen LogP contribution in [-0.4, -0.2) is 62.2 Å². The van der Waals surface area contributed by atoms with Gasteiger partial charge in [-0.15, -0.1) is 0 Å². The zero-order chi connectivity index (χ0) is 12.1. The second-order valence-electron chi connectivity index (χ2n) is 5.89. The Hall–Kier alpha value is -0.120.